The van der Waals surface area contributed by atoms with Gasteiger partial charge < -0.3 is 5.32 Å². The van der Waals surface area contributed by atoms with Crippen LogP contribution in [0.5, 0.6) is 0 Å². The molecule has 0 radical (unpaired) electrons. The molecule has 1 nitrogen and oxygen atoms in total. The molecule has 3 rings (SSSR count). The van der Waals surface area contributed by atoms with Gasteiger partial charge in [0.25, 0.3) is 0 Å². The second kappa shape index (κ2) is 25.8. The van der Waals surface area contributed by atoms with Gasteiger partial charge in [0.15, 0.2) is 0 Å². The summed E-state index contributed by atoms with van der Waals surface area (Å²) >= 11 is -0.826. The molecule has 22 heavy (non-hydrogen) atoms. The van der Waals surface area contributed by atoms with Crippen LogP contribution in [0.3, 0.4) is 0 Å². The quantitative estimate of drug-likeness (QED) is 0.352. The minimum atomic E-state index is -0.826. The Labute approximate surface area is 155 Å². The van der Waals surface area contributed by atoms with Crippen LogP contribution in [0.15, 0.2) is 55.2 Å². The van der Waals surface area contributed by atoms with Gasteiger partial charge in [-0.25, -0.2) is 36.5 Å². The molecule has 0 bridgehead atoms. The van der Waals surface area contributed by atoms with Gasteiger partial charge in [0, 0.05) is 0 Å². The molecule has 1 aliphatic heterocycles. The van der Waals surface area contributed by atoms with Crippen LogP contribution in [-0.2, 0) is 20.8 Å². The second-order valence-corrected chi connectivity index (χ2v) is 7.62. The van der Waals surface area contributed by atoms with Gasteiger partial charge in [0.1, 0.15) is 0 Å². The third kappa shape index (κ3) is 28.1. The molecule has 0 aromatic carbocycles. The fourth-order valence-corrected chi connectivity index (χ4v) is 1.24. The van der Waals surface area contributed by atoms with E-state index in [0.29, 0.717) is 0 Å². The van der Waals surface area contributed by atoms with Gasteiger partial charge in [0.05, 0.1) is 0 Å². The Morgan fingerprint density at radius 1 is 1.05 bits per heavy atom. The summed E-state index contributed by atoms with van der Waals surface area (Å²) < 4.78 is 0. The monoisotopic (exact) mass is 413 g/mol. The van der Waals surface area contributed by atoms with Crippen molar-refractivity contribution >= 4 is 17.0 Å². The van der Waals surface area contributed by atoms with Gasteiger partial charge in [-0.1, -0.05) is 12.8 Å². The van der Waals surface area contributed by atoms with Crippen molar-refractivity contribution < 1.29 is 20.8 Å². The third-order valence-corrected chi connectivity index (χ3v) is 2.19. The van der Waals surface area contributed by atoms with Crippen molar-refractivity contribution in [2.24, 2.45) is 0 Å². The van der Waals surface area contributed by atoms with Gasteiger partial charge in [-0.2, -0.15) is 18.7 Å². The topological polar surface area (TPSA) is 14.1 Å². The third-order valence-electron chi connectivity index (χ3n) is 2.19. The summed E-state index contributed by atoms with van der Waals surface area (Å²) in [6.45, 7) is 10.3. The van der Waals surface area contributed by atoms with Crippen molar-refractivity contribution in [3.05, 3.63) is 79.2 Å². The molecule has 1 fully saturated rings. The van der Waals surface area contributed by atoms with Crippen LogP contribution in [0.4, 0.5) is 0 Å². The van der Waals surface area contributed by atoms with E-state index in [-0.39, 0.29) is 0 Å². The fraction of sp³-hybridized carbons (Fsp3) is 0.333. The summed E-state index contributed by atoms with van der Waals surface area (Å²) in [6, 6.07) is 0. The average Bonchev–Trinajstić information content (AvgIpc) is 3.37. The Morgan fingerprint density at radius 3 is 1.55 bits per heavy atom. The molecule has 0 atom stereocenters. The molecule has 0 amide bonds. The van der Waals surface area contributed by atoms with E-state index in [2.05, 4.69) is 36.2 Å². The van der Waals surface area contributed by atoms with Gasteiger partial charge in [-0.3, -0.25) is 18.7 Å². The van der Waals surface area contributed by atoms with Crippen molar-refractivity contribution in [2.45, 2.75) is 25.7 Å². The number of nitrogens with zero attached hydrogens (tertiary/aromatic N) is 1. The molecule has 1 saturated heterocycles. The van der Waals surface area contributed by atoms with Crippen molar-refractivity contribution in [3.63, 3.8) is 0 Å². The van der Waals surface area contributed by atoms with Crippen LogP contribution in [-0.4, -0.2) is 13.1 Å². The summed E-state index contributed by atoms with van der Waals surface area (Å²) in [6.07, 6.45) is 25.6. The Hall–Kier alpha value is -0.137. The molecule has 0 aromatic heterocycles. The summed E-state index contributed by atoms with van der Waals surface area (Å²) in [4.78, 5) is 0. The molecule has 3 aliphatic rings. The van der Waals surface area contributed by atoms with E-state index >= 15 is 0 Å². The molecular weight excluding hydrogens is 392 g/mol. The molecule has 0 N–H and O–H groups in total. The molecule has 4 heteroatoms. The Kier molecular flexibility index (Phi) is 28.3. The van der Waals surface area contributed by atoms with Gasteiger partial charge in [0.2, 0.25) is 0 Å². The predicted octanol–water partition coefficient (Wildman–Crippen LogP) is 6.30. The SMILES string of the molecule is C1CC[N-]C1.[C-]1=CC=CC1.[C-]1=CC=CC1.[CH-]=CC=C.[Cl][Zr][Cl]. The first-order valence-corrected chi connectivity index (χ1v) is 13.3. The van der Waals surface area contributed by atoms with Crippen molar-refractivity contribution in [1.82, 2.24) is 0 Å². The average molecular weight is 416 g/mol. The van der Waals surface area contributed by atoms with Crippen LogP contribution in [0, 0.1) is 18.7 Å². The normalized spacial score (nSPS) is 15.0. The van der Waals surface area contributed by atoms with Crippen LogP contribution in [0.1, 0.15) is 25.7 Å². The molecule has 0 spiro atoms. The van der Waals surface area contributed by atoms with Crippen LogP contribution < -0.4 is 0 Å². The van der Waals surface area contributed by atoms with Gasteiger partial charge >= 0.3 is 37.9 Å². The Morgan fingerprint density at radius 2 is 1.45 bits per heavy atom. The summed E-state index contributed by atoms with van der Waals surface area (Å²) in [5, 5.41) is 4.08. The van der Waals surface area contributed by atoms with E-state index in [1.54, 1.807) is 0 Å². The van der Waals surface area contributed by atoms with Crippen LogP contribution in [0.25, 0.3) is 5.32 Å². The summed E-state index contributed by atoms with van der Waals surface area (Å²) in [5.74, 6) is 0. The zero-order valence-electron chi connectivity index (χ0n) is 12.8. The fourth-order valence-electron chi connectivity index (χ4n) is 1.24. The zero-order chi connectivity index (χ0) is 16.7. The van der Waals surface area contributed by atoms with E-state index in [9.17, 15) is 0 Å². The molecule has 2 aliphatic carbocycles. The van der Waals surface area contributed by atoms with Crippen molar-refractivity contribution in [2.75, 3.05) is 13.1 Å². The second-order valence-electron chi connectivity index (χ2n) is 3.88. The number of halogens is 2. The number of hydrogen-bond donors (Lipinski definition) is 0. The minimum absolute atomic E-state index is 0.826. The van der Waals surface area contributed by atoms with Crippen LogP contribution >= 0.6 is 17.0 Å². The van der Waals surface area contributed by atoms with E-state index in [4.69, 9.17) is 23.6 Å². The van der Waals surface area contributed by atoms with Gasteiger partial charge in [-0.05, 0) is 0 Å². The standard InChI is InChI=1S/2C5H5.C4H8N.C4H5.2ClH.Zr/c3*1-2-4-5-3-1;1-3-4-2;;;/h2*1-3H,4H2;1-4H2;1,3-4H,2H2;2*1H;/q4*-1;;;+2/p-2. The first-order chi connectivity index (χ1) is 10.8. The molecule has 122 valence electrons. The number of rotatable bonds is 1. The molecule has 0 saturated carbocycles. The molecule has 0 aromatic rings. The maximum absolute atomic E-state index is 4.93. The maximum atomic E-state index is 4.93. The van der Waals surface area contributed by atoms with E-state index in [0.717, 1.165) is 25.9 Å². The number of allylic oxidation sites excluding steroid dienone is 10. The summed E-state index contributed by atoms with van der Waals surface area (Å²) in [5.41, 5.74) is 0. The van der Waals surface area contributed by atoms with E-state index < -0.39 is 20.8 Å². The Balaban J connectivity index is 0. The van der Waals surface area contributed by atoms with Crippen LogP contribution in [0.2, 0.25) is 0 Å². The zero-order valence-corrected chi connectivity index (χ0v) is 16.8. The molecule has 0 unspecified atom stereocenters. The first-order valence-electron chi connectivity index (χ1n) is 7.02. The first kappa shape index (κ1) is 24.1. The predicted molar refractivity (Wildman–Crippen MR) is 96.2 cm³/mol. The van der Waals surface area contributed by atoms with Crippen molar-refractivity contribution in [3.8, 4) is 0 Å². The number of hydrogen-bond acceptors (Lipinski definition) is 0. The van der Waals surface area contributed by atoms with E-state index in [1.165, 1.54) is 25.0 Å². The van der Waals surface area contributed by atoms with E-state index in [1.807, 2.05) is 24.3 Å². The van der Waals surface area contributed by atoms with Gasteiger partial charge in [-0.15, -0.1) is 25.9 Å². The summed E-state index contributed by atoms with van der Waals surface area (Å²) in [7, 11) is 9.87. The molecular formula is C18H23Cl2NZr-4. The Bertz CT molecular complexity index is 287. The molecule has 1 heterocycles. The van der Waals surface area contributed by atoms with Crippen molar-refractivity contribution in [1.29, 1.82) is 0 Å².